The predicted molar refractivity (Wildman–Crippen MR) is 55.2 cm³/mol. The summed E-state index contributed by atoms with van der Waals surface area (Å²) in [6, 6.07) is 0.169. The van der Waals surface area contributed by atoms with Crippen molar-refractivity contribution in [1.29, 1.82) is 0 Å². The smallest absolute Gasteiger partial charge is 0.172 e. The molecule has 0 aromatic rings. The number of nitrogens with one attached hydrogen (secondary N) is 1. The largest absolute Gasteiger partial charge is 0.306 e. The van der Waals surface area contributed by atoms with Crippen molar-refractivity contribution in [3.8, 4) is 0 Å². The number of hydrogen-bond donors (Lipinski definition) is 2. The monoisotopic (exact) mass is 223 g/mol. The Labute approximate surface area is 86.7 Å². The molecule has 0 aliphatic heterocycles. The zero-order chi connectivity index (χ0) is 10.6. The van der Waals surface area contributed by atoms with Crippen LogP contribution in [0.25, 0.3) is 0 Å². The average molecular weight is 223 g/mol. The maximum Gasteiger partial charge on any atom is 0.172 e. The summed E-state index contributed by atoms with van der Waals surface area (Å²) in [6.45, 7) is 1.33. The van der Waals surface area contributed by atoms with Crippen molar-refractivity contribution in [3.63, 3.8) is 0 Å². The lowest BCUT2D eigenvalue weighted by atomic mass is 9.95. The molecule has 1 aliphatic carbocycles. The molecule has 1 unspecified atom stereocenters. The first-order valence-corrected chi connectivity index (χ1v) is 6.31. The van der Waals surface area contributed by atoms with Crippen molar-refractivity contribution < 1.29 is 13.2 Å². The van der Waals surface area contributed by atoms with E-state index in [4.69, 9.17) is 4.55 Å². The molecule has 0 saturated heterocycles. The number of alkyl halides is 1. The summed E-state index contributed by atoms with van der Waals surface area (Å²) in [7, 11) is 0. The summed E-state index contributed by atoms with van der Waals surface area (Å²) >= 11 is -2.08. The Morgan fingerprint density at radius 3 is 2.57 bits per heavy atom. The molecule has 3 nitrogen and oxygen atoms in total. The normalized spacial score (nSPS) is 25.6. The van der Waals surface area contributed by atoms with Gasteiger partial charge in [0.1, 0.15) is 0 Å². The average Bonchev–Trinajstić information content (AvgIpc) is 2.02. The van der Waals surface area contributed by atoms with E-state index in [0.29, 0.717) is 0 Å². The molecule has 84 valence electrons. The van der Waals surface area contributed by atoms with Crippen molar-refractivity contribution in [2.45, 2.75) is 50.9 Å². The number of rotatable bonds is 4. The fraction of sp³-hybridized carbons (Fsp3) is 1.00. The van der Waals surface area contributed by atoms with Crippen LogP contribution in [0.5, 0.6) is 0 Å². The Morgan fingerprint density at radius 2 is 2.07 bits per heavy atom. The Morgan fingerprint density at radius 1 is 1.50 bits per heavy atom. The van der Waals surface area contributed by atoms with E-state index in [-0.39, 0.29) is 11.8 Å². The van der Waals surface area contributed by atoms with Gasteiger partial charge in [0.05, 0.1) is 5.75 Å². The quantitative estimate of drug-likeness (QED) is 0.564. The highest BCUT2D eigenvalue weighted by atomic mass is 32.2. The first-order chi connectivity index (χ1) is 6.49. The second-order valence-corrected chi connectivity index (χ2v) is 5.07. The summed E-state index contributed by atoms with van der Waals surface area (Å²) in [6.07, 6.45) is 5.40. The Balaban J connectivity index is 2.36. The highest BCUT2D eigenvalue weighted by Crippen LogP contribution is 2.20. The molecule has 0 bridgehead atoms. The molecule has 2 N–H and O–H groups in total. The summed E-state index contributed by atoms with van der Waals surface area (Å²) in [5.41, 5.74) is 0. The third kappa shape index (κ3) is 4.48. The minimum atomic E-state index is -2.08. The van der Waals surface area contributed by atoms with Crippen LogP contribution >= 0.6 is 0 Å². The highest BCUT2D eigenvalue weighted by molar-refractivity contribution is 7.79. The molecule has 0 spiro atoms. The fourth-order valence-electron chi connectivity index (χ4n) is 1.95. The Kier molecular flexibility index (Phi) is 4.47. The standard InChI is InChI=1S/C9H18FNO2S/c1-9(10,7-14(12)13)11-8-5-3-2-4-6-8/h8,11H,2-7H2,1H3,(H,12,13)/t9-/m1/s1. The maximum absolute atomic E-state index is 13.7. The van der Waals surface area contributed by atoms with E-state index < -0.39 is 16.9 Å². The van der Waals surface area contributed by atoms with Gasteiger partial charge in [-0.3, -0.25) is 5.32 Å². The topological polar surface area (TPSA) is 49.3 Å². The molecule has 1 aliphatic rings. The third-order valence-corrected chi connectivity index (χ3v) is 3.29. The van der Waals surface area contributed by atoms with Gasteiger partial charge >= 0.3 is 0 Å². The fourth-order valence-corrected chi connectivity index (χ4v) is 2.49. The minimum absolute atomic E-state index is 0.169. The lowest BCUT2D eigenvalue weighted by Gasteiger charge is -2.30. The molecule has 0 radical (unpaired) electrons. The number of halogens is 1. The zero-order valence-corrected chi connectivity index (χ0v) is 9.28. The first kappa shape index (κ1) is 12.1. The molecule has 1 saturated carbocycles. The summed E-state index contributed by atoms with van der Waals surface area (Å²) in [5.74, 6) is -2.08. The molecule has 14 heavy (non-hydrogen) atoms. The van der Waals surface area contributed by atoms with Crippen LogP contribution in [0.2, 0.25) is 0 Å². The van der Waals surface area contributed by atoms with Gasteiger partial charge in [0.15, 0.2) is 16.9 Å². The second kappa shape index (κ2) is 5.19. The van der Waals surface area contributed by atoms with E-state index in [1.54, 1.807) is 0 Å². The highest BCUT2D eigenvalue weighted by Gasteiger charge is 2.29. The molecule has 0 amide bonds. The van der Waals surface area contributed by atoms with Crippen LogP contribution in [-0.4, -0.2) is 26.3 Å². The molecule has 1 fully saturated rings. The van der Waals surface area contributed by atoms with Crippen LogP contribution in [0.15, 0.2) is 0 Å². The summed E-state index contributed by atoms with van der Waals surface area (Å²) in [5, 5.41) is 2.81. The van der Waals surface area contributed by atoms with Crippen molar-refractivity contribution in [1.82, 2.24) is 5.32 Å². The van der Waals surface area contributed by atoms with Gasteiger partial charge < -0.3 is 4.55 Å². The molecular weight excluding hydrogens is 205 g/mol. The van der Waals surface area contributed by atoms with E-state index in [1.807, 2.05) is 0 Å². The van der Waals surface area contributed by atoms with Crippen LogP contribution in [0.3, 0.4) is 0 Å². The first-order valence-electron chi connectivity index (χ1n) is 5.04. The minimum Gasteiger partial charge on any atom is -0.306 e. The van der Waals surface area contributed by atoms with Crippen molar-refractivity contribution >= 4 is 11.1 Å². The van der Waals surface area contributed by atoms with Gasteiger partial charge in [-0.2, -0.15) is 0 Å². The van der Waals surface area contributed by atoms with Crippen LogP contribution in [0.4, 0.5) is 4.39 Å². The maximum atomic E-state index is 13.7. The SMILES string of the molecule is C[C@](F)(CS(=O)O)NC1CCCCC1. The molecule has 5 heteroatoms. The summed E-state index contributed by atoms with van der Waals surface area (Å²) < 4.78 is 32.8. The van der Waals surface area contributed by atoms with Gasteiger partial charge in [0, 0.05) is 6.04 Å². The van der Waals surface area contributed by atoms with E-state index in [2.05, 4.69) is 5.32 Å². The van der Waals surface area contributed by atoms with Gasteiger partial charge in [-0.15, -0.1) is 0 Å². The van der Waals surface area contributed by atoms with Gasteiger partial charge in [-0.25, -0.2) is 8.60 Å². The van der Waals surface area contributed by atoms with Crippen molar-refractivity contribution in [3.05, 3.63) is 0 Å². The summed E-state index contributed by atoms with van der Waals surface area (Å²) in [4.78, 5) is 0. The lowest BCUT2D eigenvalue weighted by molar-refractivity contribution is 0.132. The van der Waals surface area contributed by atoms with Gasteiger partial charge in [0.25, 0.3) is 0 Å². The van der Waals surface area contributed by atoms with Gasteiger partial charge in [0.2, 0.25) is 0 Å². The van der Waals surface area contributed by atoms with E-state index >= 15 is 0 Å². The molecule has 0 heterocycles. The van der Waals surface area contributed by atoms with Crippen LogP contribution in [0.1, 0.15) is 39.0 Å². The second-order valence-electron chi connectivity index (χ2n) is 4.14. The van der Waals surface area contributed by atoms with Gasteiger partial charge in [-0.1, -0.05) is 19.3 Å². The Bertz CT molecular complexity index is 205. The molecule has 2 atom stereocenters. The third-order valence-electron chi connectivity index (χ3n) is 2.50. The van der Waals surface area contributed by atoms with E-state index in [1.165, 1.54) is 13.3 Å². The van der Waals surface area contributed by atoms with Crippen molar-refractivity contribution in [2.24, 2.45) is 0 Å². The van der Waals surface area contributed by atoms with Crippen LogP contribution < -0.4 is 5.32 Å². The van der Waals surface area contributed by atoms with Crippen molar-refractivity contribution in [2.75, 3.05) is 5.75 Å². The molecule has 0 aromatic carbocycles. The molecule has 1 rings (SSSR count). The zero-order valence-electron chi connectivity index (χ0n) is 8.46. The van der Waals surface area contributed by atoms with E-state index in [0.717, 1.165) is 25.7 Å². The Hall–Kier alpha value is -0.0000000000000000416. The number of hydrogen-bond acceptors (Lipinski definition) is 2. The van der Waals surface area contributed by atoms with Gasteiger partial charge in [-0.05, 0) is 19.8 Å². The van der Waals surface area contributed by atoms with Crippen LogP contribution in [-0.2, 0) is 11.1 Å². The predicted octanol–water partition coefficient (Wildman–Crippen LogP) is 1.82. The molecular formula is C9H18FNO2S. The van der Waals surface area contributed by atoms with Crippen LogP contribution in [0, 0.1) is 0 Å². The molecule has 0 aromatic heterocycles. The van der Waals surface area contributed by atoms with E-state index in [9.17, 15) is 8.60 Å². The lowest BCUT2D eigenvalue weighted by Crippen LogP contribution is -2.48.